The number of piperidine rings is 2. The van der Waals surface area contributed by atoms with Crippen LogP contribution in [0.25, 0.3) is 0 Å². The lowest BCUT2D eigenvalue weighted by Crippen LogP contribution is -2.66. The highest BCUT2D eigenvalue weighted by Crippen LogP contribution is 2.30. The van der Waals surface area contributed by atoms with Crippen LogP contribution >= 0.6 is 0 Å². The molecule has 0 radical (unpaired) electrons. The maximum atomic E-state index is 2.96. The van der Waals surface area contributed by atoms with E-state index in [1.165, 1.54) is 77.9 Å². The highest BCUT2D eigenvalue weighted by atomic mass is 15.4. The SMILES string of the molecule is CC1=CCN(C)C(C2CN(C3CCN(C)CC3)CCN2C2CCN(C)CC2)C1. The molecule has 4 rings (SSSR count). The highest BCUT2D eigenvalue weighted by Gasteiger charge is 2.41. The molecule has 28 heavy (non-hydrogen) atoms. The average molecular weight is 390 g/mol. The van der Waals surface area contributed by atoms with E-state index in [0.717, 1.165) is 18.6 Å². The van der Waals surface area contributed by atoms with Crippen LogP contribution in [0.15, 0.2) is 11.6 Å². The maximum Gasteiger partial charge on any atom is 0.0385 e. The summed E-state index contributed by atoms with van der Waals surface area (Å²) in [5, 5.41) is 0. The number of rotatable bonds is 3. The molecule has 5 nitrogen and oxygen atoms in total. The number of hydrogen-bond donors (Lipinski definition) is 0. The van der Waals surface area contributed by atoms with Crippen molar-refractivity contribution >= 4 is 0 Å². The quantitative estimate of drug-likeness (QED) is 0.683. The van der Waals surface area contributed by atoms with Gasteiger partial charge in [-0.15, -0.1) is 0 Å². The smallest absolute Gasteiger partial charge is 0.0385 e. The predicted octanol–water partition coefficient (Wildman–Crippen LogP) is 1.81. The molecule has 0 N–H and O–H groups in total. The first-order valence-electron chi connectivity index (χ1n) is 11.7. The van der Waals surface area contributed by atoms with Gasteiger partial charge in [0, 0.05) is 50.3 Å². The molecule has 5 heteroatoms. The summed E-state index contributed by atoms with van der Waals surface area (Å²) in [5.74, 6) is 0. The topological polar surface area (TPSA) is 16.2 Å². The summed E-state index contributed by atoms with van der Waals surface area (Å²) in [6.45, 7) is 12.4. The largest absolute Gasteiger partial charge is 0.306 e. The van der Waals surface area contributed by atoms with Crippen LogP contribution in [0.1, 0.15) is 39.0 Å². The molecule has 3 fully saturated rings. The Bertz CT molecular complexity index is 533. The number of likely N-dealkylation sites (N-methyl/N-ethyl adjacent to an activating group) is 1. The van der Waals surface area contributed by atoms with E-state index in [9.17, 15) is 0 Å². The van der Waals surface area contributed by atoms with Crippen molar-refractivity contribution in [3.05, 3.63) is 11.6 Å². The maximum absolute atomic E-state index is 2.96. The van der Waals surface area contributed by atoms with Crippen LogP contribution in [0.3, 0.4) is 0 Å². The summed E-state index contributed by atoms with van der Waals surface area (Å²) in [6, 6.07) is 2.97. The van der Waals surface area contributed by atoms with Gasteiger partial charge >= 0.3 is 0 Å². The lowest BCUT2D eigenvalue weighted by molar-refractivity contribution is -0.0374. The van der Waals surface area contributed by atoms with Gasteiger partial charge in [-0.25, -0.2) is 0 Å². The lowest BCUT2D eigenvalue weighted by atomic mass is 9.89. The van der Waals surface area contributed by atoms with Crippen LogP contribution in [0.4, 0.5) is 0 Å². The van der Waals surface area contributed by atoms with Crippen molar-refractivity contribution in [1.82, 2.24) is 24.5 Å². The first kappa shape index (κ1) is 20.8. The van der Waals surface area contributed by atoms with E-state index < -0.39 is 0 Å². The summed E-state index contributed by atoms with van der Waals surface area (Å²) in [4.78, 5) is 13.5. The lowest BCUT2D eigenvalue weighted by Gasteiger charge is -2.53. The molecule has 0 aromatic carbocycles. The van der Waals surface area contributed by atoms with Gasteiger partial charge in [0.1, 0.15) is 0 Å². The Hall–Kier alpha value is -0.460. The fraction of sp³-hybridized carbons (Fsp3) is 0.913. The molecule has 0 aromatic rings. The predicted molar refractivity (Wildman–Crippen MR) is 118 cm³/mol. The Balaban J connectivity index is 1.49. The van der Waals surface area contributed by atoms with Gasteiger partial charge in [-0.05, 0) is 86.3 Å². The molecular formula is C23H43N5. The second kappa shape index (κ2) is 9.13. The van der Waals surface area contributed by atoms with Crippen LogP contribution in [0.2, 0.25) is 0 Å². The fourth-order valence-corrected chi connectivity index (χ4v) is 6.09. The molecule has 2 atom stereocenters. The van der Waals surface area contributed by atoms with E-state index in [1.54, 1.807) is 5.57 Å². The van der Waals surface area contributed by atoms with Crippen molar-refractivity contribution in [1.29, 1.82) is 0 Å². The van der Waals surface area contributed by atoms with Crippen molar-refractivity contribution in [2.75, 3.05) is 73.5 Å². The minimum atomic E-state index is 0.679. The van der Waals surface area contributed by atoms with Crippen LogP contribution in [0, 0.1) is 0 Å². The van der Waals surface area contributed by atoms with Crippen LogP contribution < -0.4 is 0 Å². The summed E-state index contributed by atoms with van der Waals surface area (Å²) in [7, 11) is 6.92. The van der Waals surface area contributed by atoms with Crippen molar-refractivity contribution < 1.29 is 0 Å². The zero-order chi connectivity index (χ0) is 19.7. The molecule has 4 aliphatic heterocycles. The zero-order valence-corrected chi connectivity index (χ0v) is 18.8. The van der Waals surface area contributed by atoms with Crippen molar-refractivity contribution in [3.63, 3.8) is 0 Å². The zero-order valence-electron chi connectivity index (χ0n) is 18.8. The Morgan fingerprint density at radius 1 is 0.750 bits per heavy atom. The van der Waals surface area contributed by atoms with Crippen molar-refractivity contribution in [3.8, 4) is 0 Å². The average Bonchev–Trinajstić information content (AvgIpc) is 2.71. The Morgan fingerprint density at radius 2 is 1.36 bits per heavy atom. The number of piperazine rings is 1. The summed E-state index contributed by atoms with van der Waals surface area (Å²) >= 11 is 0. The van der Waals surface area contributed by atoms with Gasteiger partial charge in [-0.3, -0.25) is 14.7 Å². The monoisotopic (exact) mass is 389 g/mol. The van der Waals surface area contributed by atoms with Gasteiger partial charge in [0.15, 0.2) is 0 Å². The van der Waals surface area contributed by atoms with Gasteiger partial charge in [0.05, 0.1) is 0 Å². The molecule has 0 saturated carbocycles. The minimum Gasteiger partial charge on any atom is -0.306 e. The molecule has 0 aromatic heterocycles. The van der Waals surface area contributed by atoms with Gasteiger partial charge in [-0.2, -0.15) is 0 Å². The fourth-order valence-electron chi connectivity index (χ4n) is 6.09. The second-order valence-electron chi connectivity index (χ2n) is 10.1. The van der Waals surface area contributed by atoms with Gasteiger partial charge < -0.3 is 9.80 Å². The van der Waals surface area contributed by atoms with Crippen LogP contribution in [0.5, 0.6) is 0 Å². The molecular weight excluding hydrogens is 346 g/mol. The van der Waals surface area contributed by atoms with E-state index in [2.05, 4.69) is 58.6 Å². The minimum absolute atomic E-state index is 0.679. The molecule has 0 amide bonds. The van der Waals surface area contributed by atoms with Gasteiger partial charge in [0.25, 0.3) is 0 Å². The van der Waals surface area contributed by atoms with E-state index in [4.69, 9.17) is 0 Å². The standard InChI is InChI=1S/C23H43N5/c1-19-5-14-26(4)22(17-19)23-18-27(20-6-10-24(2)11-7-20)15-16-28(23)21-8-12-25(3)13-9-21/h5,20-23H,6-18H2,1-4H3. The molecule has 0 bridgehead atoms. The number of hydrogen-bond acceptors (Lipinski definition) is 5. The number of likely N-dealkylation sites (tertiary alicyclic amines) is 2. The molecule has 4 aliphatic rings. The van der Waals surface area contributed by atoms with Crippen molar-refractivity contribution in [2.24, 2.45) is 0 Å². The van der Waals surface area contributed by atoms with Crippen molar-refractivity contribution in [2.45, 2.75) is 63.2 Å². The van der Waals surface area contributed by atoms with E-state index in [0.29, 0.717) is 12.1 Å². The molecule has 160 valence electrons. The summed E-state index contributed by atoms with van der Waals surface area (Å²) < 4.78 is 0. The first-order valence-corrected chi connectivity index (χ1v) is 11.7. The molecule has 3 saturated heterocycles. The Morgan fingerprint density at radius 3 is 2.00 bits per heavy atom. The van der Waals surface area contributed by atoms with Crippen LogP contribution in [-0.4, -0.2) is 122 Å². The first-order chi connectivity index (χ1) is 13.5. The summed E-state index contributed by atoms with van der Waals surface area (Å²) in [5.41, 5.74) is 1.60. The van der Waals surface area contributed by atoms with E-state index in [-0.39, 0.29) is 0 Å². The number of nitrogens with zero attached hydrogens (tertiary/aromatic N) is 5. The Labute approximate surface area is 173 Å². The third kappa shape index (κ3) is 4.65. The van der Waals surface area contributed by atoms with Gasteiger partial charge in [-0.1, -0.05) is 11.6 Å². The molecule has 2 unspecified atom stereocenters. The molecule has 4 heterocycles. The molecule has 0 aliphatic carbocycles. The van der Waals surface area contributed by atoms with Crippen LogP contribution in [-0.2, 0) is 0 Å². The third-order valence-electron chi connectivity index (χ3n) is 8.12. The highest BCUT2D eigenvalue weighted by molar-refractivity contribution is 5.11. The third-order valence-corrected chi connectivity index (χ3v) is 8.12. The summed E-state index contributed by atoms with van der Waals surface area (Å²) in [6.07, 6.45) is 9.12. The Kier molecular flexibility index (Phi) is 6.78. The van der Waals surface area contributed by atoms with E-state index in [1.807, 2.05) is 0 Å². The molecule has 0 spiro atoms. The van der Waals surface area contributed by atoms with E-state index >= 15 is 0 Å². The normalized spacial score (nSPS) is 34.6. The van der Waals surface area contributed by atoms with Gasteiger partial charge in [0.2, 0.25) is 0 Å². The second-order valence-corrected chi connectivity index (χ2v) is 10.1.